The number of ether oxygens (including phenoxy) is 1. The Hall–Kier alpha value is 0.180. The molecule has 0 aromatic heterocycles. The zero-order chi connectivity index (χ0) is 5.82. The Morgan fingerprint density at radius 3 is 3.00 bits per heavy atom. The minimum atomic E-state index is 0.601. The highest BCUT2D eigenvalue weighted by atomic mass is 79.9. The molecule has 1 nitrogen and oxygen atoms in total. The Balaban J connectivity index is 2.32. The summed E-state index contributed by atoms with van der Waals surface area (Å²) in [5, 5.41) is 1.02. The van der Waals surface area contributed by atoms with Gasteiger partial charge in [-0.15, -0.1) is 0 Å². The van der Waals surface area contributed by atoms with Crippen LogP contribution in [0.4, 0.5) is 0 Å². The van der Waals surface area contributed by atoms with Crippen LogP contribution in [0.3, 0.4) is 0 Å². The molecular formula is C6H9BrO. The van der Waals surface area contributed by atoms with Crippen molar-refractivity contribution in [1.29, 1.82) is 0 Å². The van der Waals surface area contributed by atoms with Gasteiger partial charge in [0.25, 0.3) is 0 Å². The van der Waals surface area contributed by atoms with E-state index in [0.29, 0.717) is 5.92 Å². The summed E-state index contributed by atoms with van der Waals surface area (Å²) in [6.45, 7) is 1.67. The van der Waals surface area contributed by atoms with Crippen molar-refractivity contribution in [3.63, 3.8) is 0 Å². The quantitative estimate of drug-likeness (QED) is 0.436. The van der Waals surface area contributed by atoms with E-state index in [1.165, 1.54) is 0 Å². The van der Waals surface area contributed by atoms with Gasteiger partial charge in [-0.1, -0.05) is 28.1 Å². The molecule has 46 valence electrons. The van der Waals surface area contributed by atoms with Gasteiger partial charge in [-0.05, 0) is 0 Å². The van der Waals surface area contributed by atoms with Crippen molar-refractivity contribution in [2.75, 3.05) is 18.5 Å². The maximum Gasteiger partial charge on any atom is 0.0647 e. The highest BCUT2D eigenvalue weighted by Gasteiger charge is 2.04. The Labute approximate surface area is 57.8 Å². The summed E-state index contributed by atoms with van der Waals surface area (Å²) in [6, 6.07) is 0. The van der Waals surface area contributed by atoms with Crippen molar-refractivity contribution in [2.24, 2.45) is 5.92 Å². The molecular weight excluding hydrogens is 168 g/mol. The summed E-state index contributed by atoms with van der Waals surface area (Å²) >= 11 is 3.38. The predicted octanol–water partition coefficient (Wildman–Crippen LogP) is 1.58. The van der Waals surface area contributed by atoms with Gasteiger partial charge in [-0.2, -0.15) is 0 Å². The lowest BCUT2D eigenvalue weighted by Crippen LogP contribution is -2.12. The Morgan fingerprint density at radius 1 is 1.75 bits per heavy atom. The molecule has 2 heteroatoms. The summed E-state index contributed by atoms with van der Waals surface area (Å²) in [4.78, 5) is 0. The molecule has 8 heavy (non-hydrogen) atoms. The second-order valence-corrected chi connectivity index (χ2v) is 2.53. The smallest absolute Gasteiger partial charge is 0.0647 e. The molecule has 1 aliphatic rings. The fourth-order valence-electron chi connectivity index (χ4n) is 0.687. The maximum atomic E-state index is 5.16. The lowest BCUT2D eigenvalue weighted by Gasteiger charge is -2.12. The van der Waals surface area contributed by atoms with E-state index in [4.69, 9.17) is 4.74 Å². The zero-order valence-electron chi connectivity index (χ0n) is 4.64. The summed E-state index contributed by atoms with van der Waals surface area (Å²) in [7, 11) is 0. The lowest BCUT2D eigenvalue weighted by molar-refractivity contribution is 0.133. The van der Waals surface area contributed by atoms with E-state index in [1.54, 1.807) is 0 Å². The van der Waals surface area contributed by atoms with Crippen LogP contribution in [0.5, 0.6) is 0 Å². The molecule has 0 radical (unpaired) electrons. The molecule has 0 saturated carbocycles. The molecule has 0 spiro atoms. The van der Waals surface area contributed by atoms with Gasteiger partial charge in [0.15, 0.2) is 0 Å². The van der Waals surface area contributed by atoms with E-state index in [-0.39, 0.29) is 0 Å². The molecule has 0 N–H and O–H groups in total. The Kier molecular flexibility index (Phi) is 2.56. The molecule has 0 aromatic carbocycles. The first-order valence-electron chi connectivity index (χ1n) is 2.74. The first-order chi connectivity index (χ1) is 3.93. The van der Waals surface area contributed by atoms with E-state index in [0.717, 1.165) is 18.5 Å². The highest BCUT2D eigenvalue weighted by molar-refractivity contribution is 9.09. The van der Waals surface area contributed by atoms with Crippen molar-refractivity contribution < 1.29 is 4.74 Å². The van der Waals surface area contributed by atoms with Crippen LogP contribution < -0.4 is 0 Å². The number of alkyl halides is 1. The van der Waals surface area contributed by atoms with Gasteiger partial charge in [0.05, 0.1) is 13.2 Å². The van der Waals surface area contributed by atoms with Crippen LogP contribution in [-0.4, -0.2) is 18.5 Å². The number of hydrogen-bond donors (Lipinski definition) is 0. The van der Waals surface area contributed by atoms with E-state index >= 15 is 0 Å². The molecule has 1 unspecified atom stereocenters. The van der Waals surface area contributed by atoms with Gasteiger partial charge >= 0.3 is 0 Å². The average Bonchev–Trinajstić information content (AvgIpc) is 1.90. The van der Waals surface area contributed by atoms with Crippen LogP contribution in [0, 0.1) is 5.92 Å². The normalized spacial score (nSPS) is 28.4. The van der Waals surface area contributed by atoms with Gasteiger partial charge < -0.3 is 4.74 Å². The van der Waals surface area contributed by atoms with Crippen LogP contribution in [0.15, 0.2) is 12.2 Å². The summed E-state index contributed by atoms with van der Waals surface area (Å²) in [5.41, 5.74) is 0. The van der Waals surface area contributed by atoms with Crippen LogP contribution in [0.1, 0.15) is 0 Å². The lowest BCUT2D eigenvalue weighted by atomic mass is 10.1. The van der Waals surface area contributed by atoms with E-state index in [9.17, 15) is 0 Å². The Bertz CT molecular complexity index is 90.5. The molecule has 1 atom stereocenters. The highest BCUT2D eigenvalue weighted by Crippen LogP contribution is 2.07. The summed E-state index contributed by atoms with van der Waals surface area (Å²) < 4.78 is 5.16. The molecule has 0 bridgehead atoms. The maximum absolute atomic E-state index is 5.16. The van der Waals surface area contributed by atoms with Crippen molar-refractivity contribution in [3.8, 4) is 0 Å². The van der Waals surface area contributed by atoms with E-state index in [1.807, 2.05) is 0 Å². The predicted molar refractivity (Wildman–Crippen MR) is 37.2 cm³/mol. The molecule has 1 rings (SSSR count). The van der Waals surface area contributed by atoms with Gasteiger partial charge in [0.1, 0.15) is 0 Å². The molecule has 0 fully saturated rings. The summed E-state index contributed by atoms with van der Waals surface area (Å²) in [5.74, 6) is 0.601. The average molecular weight is 177 g/mol. The monoisotopic (exact) mass is 176 g/mol. The van der Waals surface area contributed by atoms with Crippen molar-refractivity contribution in [2.45, 2.75) is 0 Å². The van der Waals surface area contributed by atoms with Crippen LogP contribution in [0.2, 0.25) is 0 Å². The minimum absolute atomic E-state index is 0.601. The second-order valence-electron chi connectivity index (χ2n) is 1.88. The number of hydrogen-bond acceptors (Lipinski definition) is 1. The van der Waals surface area contributed by atoms with E-state index < -0.39 is 0 Å². The number of halogens is 1. The fraction of sp³-hybridized carbons (Fsp3) is 0.667. The topological polar surface area (TPSA) is 9.23 Å². The largest absolute Gasteiger partial charge is 0.377 e. The van der Waals surface area contributed by atoms with Crippen molar-refractivity contribution in [1.82, 2.24) is 0 Å². The standard InChI is InChI=1S/C6H9BrO/c7-4-6-2-1-3-8-5-6/h1-2,6H,3-5H2. The molecule has 0 aromatic rings. The molecule has 0 amide bonds. The third-order valence-corrected chi connectivity index (χ3v) is 1.98. The Morgan fingerprint density at radius 2 is 2.62 bits per heavy atom. The second kappa shape index (κ2) is 3.25. The van der Waals surface area contributed by atoms with Gasteiger partial charge in [-0.3, -0.25) is 0 Å². The van der Waals surface area contributed by atoms with Crippen molar-refractivity contribution in [3.05, 3.63) is 12.2 Å². The van der Waals surface area contributed by atoms with Crippen LogP contribution in [-0.2, 0) is 4.74 Å². The van der Waals surface area contributed by atoms with Crippen molar-refractivity contribution >= 4 is 15.9 Å². The molecule has 0 saturated heterocycles. The SMILES string of the molecule is BrCC1C=CCOC1. The summed E-state index contributed by atoms with van der Waals surface area (Å²) in [6.07, 6.45) is 4.26. The first kappa shape index (κ1) is 6.30. The van der Waals surface area contributed by atoms with Crippen LogP contribution in [0.25, 0.3) is 0 Å². The molecule has 1 aliphatic heterocycles. The van der Waals surface area contributed by atoms with Gasteiger partial charge in [0, 0.05) is 11.2 Å². The fourth-order valence-corrected chi connectivity index (χ4v) is 1.09. The van der Waals surface area contributed by atoms with E-state index in [2.05, 4.69) is 28.1 Å². The third-order valence-electron chi connectivity index (χ3n) is 1.15. The molecule has 0 aliphatic carbocycles. The molecule has 1 heterocycles. The third kappa shape index (κ3) is 1.60. The first-order valence-corrected chi connectivity index (χ1v) is 3.86. The minimum Gasteiger partial charge on any atom is -0.377 e. The number of rotatable bonds is 1. The van der Waals surface area contributed by atoms with Gasteiger partial charge in [0.2, 0.25) is 0 Å². The van der Waals surface area contributed by atoms with Gasteiger partial charge in [-0.25, -0.2) is 0 Å². The van der Waals surface area contributed by atoms with Crippen LogP contribution >= 0.6 is 15.9 Å². The zero-order valence-corrected chi connectivity index (χ0v) is 6.23.